The summed E-state index contributed by atoms with van der Waals surface area (Å²) in [6.45, 7) is 0. The molecule has 1 fully saturated rings. The summed E-state index contributed by atoms with van der Waals surface area (Å²) in [7, 11) is 0. The van der Waals surface area contributed by atoms with Crippen molar-refractivity contribution in [1.82, 2.24) is 5.32 Å². The van der Waals surface area contributed by atoms with Gasteiger partial charge in [-0.2, -0.15) is 0 Å². The summed E-state index contributed by atoms with van der Waals surface area (Å²) in [5, 5.41) is 12.1. The van der Waals surface area contributed by atoms with E-state index in [-0.39, 0.29) is 26.5 Å². The van der Waals surface area contributed by atoms with Gasteiger partial charge in [-0.15, -0.1) is 0 Å². The van der Waals surface area contributed by atoms with E-state index < -0.39 is 11.8 Å². The highest BCUT2D eigenvalue weighted by molar-refractivity contribution is 7.80. The van der Waals surface area contributed by atoms with Gasteiger partial charge in [-0.25, -0.2) is 0 Å². The average molecular weight is 393 g/mol. The van der Waals surface area contributed by atoms with Crippen LogP contribution in [0.4, 0.5) is 5.69 Å². The molecule has 0 bridgehead atoms. The van der Waals surface area contributed by atoms with Crippen LogP contribution in [0.3, 0.4) is 0 Å². The van der Waals surface area contributed by atoms with Gasteiger partial charge in [0.05, 0.1) is 15.7 Å². The largest absolute Gasteiger partial charge is 0.505 e. The van der Waals surface area contributed by atoms with Crippen LogP contribution >= 0.6 is 35.4 Å². The molecule has 3 rings (SSSR count). The molecule has 2 amide bonds. The number of phenols is 1. The number of carbonyl (C=O) groups is 2. The highest BCUT2D eigenvalue weighted by Crippen LogP contribution is 2.33. The number of thiocarbonyl (C=S) groups is 1. The number of amides is 2. The third-order valence-corrected chi connectivity index (χ3v) is 4.33. The average Bonchev–Trinajstić information content (AvgIpc) is 2.57. The molecule has 0 aromatic heterocycles. The number of nitrogens with one attached hydrogen (secondary N) is 1. The molecular weight excluding hydrogens is 383 g/mol. The Kier molecular flexibility index (Phi) is 4.76. The number of hydrogen-bond acceptors (Lipinski definition) is 4. The minimum absolute atomic E-state index is 0.000112. The Bertz CT molecular complexity index is 906. The molecule has 0 aliphatic carbocycles. The molecule has 25 heavy (non-hydrogen) atoms. The third-order valence-electron chi connectivity index (χ3n) is 3.47. The molecule has 1 saturated heterocycles. The zero-order chi connectivity index (χ0) is 18.1. The summed E-state index contributed by atoms with van der Waals surface area (Å²) in [6, 6.07) is 11.5. The fourth-order valence-corrected chi connectivity index (χ4v) is 3.09. The first-order valence-corrected chi connectivity index (χ1v) is 8.19. The number of halogens is 2. The number of carbonyl (C=O) groups excluding carboxylic acids is 2. The van der Waals surface area contributed by atoms with Crippen molar-refractivity contribution in [3.63, 3.8) is 0 Å². The Labute approximate surface area is 158 Å². The van der Waals surface area contributed by atoms with Crippen LogP contribution in [0.1, 0.15) is 5.56 Å². The summed E-state index contributed by atoms with van der Waals surface area (Å²) < 4.78 is 0. The molecule has 1 aliphatic rings. The quantitative estimate of drug-likeness (QED) is 0.465. The Morgan fingerprint density at radius 1 is 1.08 bits per heavy atom. The topological polar surface area (TPSA) is 69.6 Å². The molecule has 126 valence electrons. The number of aromatic hydroxyl groups is 1. The van der Waals surface area contributed by atoms with E-state index in [4.69, 9.17) is 35.4 Å². The summed E-state index contributed by atoms with van der Waals surface area (Å²) in [4.78, 5) is 26.2. The van der Waals surface area contributed by atoms with Crippen molar-refractivity contribution >= 4 is 64.1 Å². The van der Waals surface area contributed by atoms with Crippen LogP contribution in [-0.2, 0) is 9.59 Å². The number of para-hydroxylation sites is 1. The lowest BCUT2D eigenvalue weighted by Gasteiger charge is -2.28. The SMILES string of the molecule is O=C1NC(=S)N(c2ccccc2)C(=O)/C1=C/c1cc(Cl)c(O)c(Cl)c1. The summed E-state index contributed by atoms with van der Waals surface area (Å²) in [5.74, 6) is -1.46. The summed E-state index contributed by atoms with van der Waals surface area (Å²) in [6.07, 6.45) is 1.34. The van der Waals surface area contributed by atoms with Crippen molar-refractivity contribution in [1.29, 1.82) is 0 Å². The molecule has 2 aromatic carbocycles. The van der Waals surface area contributed by atoms with Crippen LogP contribution in [0.25, 0.3) is 6.08 Å². The van der Waals surface area contributed by atoms with E-state index in [1.807, 2.05) is 0 Å². The van der Waals surface area contributed by atoms with Crippen LogP contribution in [-0.4, -0.2) is 22.0 Å². The fraction of sp³-hybridized carbons (Fsp3) is 0. The van der Waals surface area contributed by atoms with E-state index in [0.717, 1.165) is 0 Å². The molecule has 0 spiro atoms. The van der Waals surface area contributed by atoms with E-state index in [1.165, 1.54) is 23.1 Å². The Morgan fingerprint density at radius 2 is 1.68 bits per heavy atom. The van der Waals surface area contributed by atoms with E-state index in [9.17, 15) is 14.7 Å². The Balaban J connectivity index is 2.05. The zero-order valence-electron chi connectivity index (χ0n) is 12.5. The van der Waals surface area contributed by atoms with Crippen molar-refractivity contribution in [3.05, 3.63) is 63.6 Å². The van der Waals surface area contributed by atoms with Crippen LogP contribution in [0.15, 0.2) is 48.0 Å². The highest BCUT2D eigenvalue weighted by Gasteiger charge is 2.34. The van der Waals surface area contributed by atoms with E-state index in [1.54, 1.807) is 30.3 Å². The minimum Gasteiger partial charge on any atom is -0.505 e. The molecule has 1 heterocycles. The molecular formula is C17H10Cl2N2O3S. The predicted octanol–water partition coefficient (Wildman–Crippen LogP) is 3.53. The minimum atomic E-state index is -0.623. The molecule has 0 radical (unpaired) electrons. The van der Waals surface area contributed by atoms with Crippen molar-refractivity contribution in [2.24, 2.45) is 0 Å². The maximum absolute atomic E-state index is 12.8. The molecule has 0 unspecified atom stereocenters. The first-order valence-electron chi connectivity index (χ1n) is 7.03. The van der Waals surface area contributed by atoms with Gasteiger partial charge in [-0.3, -0.25) is 19.8 Å². The fourth-order valence-electron chi connectivity index (χ4n) is 2.30. The zero-order valence-corrected chi connectivity index (χ0v) is 14.8. The van der Waals surface area contributed by atoms with Crippen molar-refractivity contribution < 1.29 is 14.7 Å². The number of rotatable bonds is 2. The Morgan fingerprint density at radius 3 is 2.28 bits per heavy atom. The lowest BCUT2D eigenvalue weighted by atomic mass is 10.1. The van der Waals surface area contributed by atoms with Gasteiger partial charge < -0.3 is 5.11 Å². The molecule has 2 N–H and O–H groups in total. The van der Waals surface area contributed by atoms with Gasteiger partial charge in [0.1, 0.15) is 5.57 Å². The maximum atomic E-state index is 12.8. The van der Waals surface area contributed by atoms with Gasteiger partial charge in [0.25, 0.3) is 11.8 Å². The number of nitrogens with zero attached hydrogens (tertiary/aromatic N) is 1. The lowest BCUT2D eigenvalue weighted by Crippen LogP contribution is -2.54. The number of anilines is 1. The predicted molar refractivity (Wildman–Crippen MR) is 101 cm³/mol. The van der Waals surface area contributed by atoms with Crippen molar-refractivity contribution in [2.45, 2.75) is 0 Å². The first-order chi connectivity index (χ1) is 11.9. The van der Waals surface area contributed by atoms with E-state index >= 15 is 0 Å². The number of phenolic OH excluding ortho intramolecular Hbond substituents is 1. The van der Waals surface area contributed by atoms with Crippen molar-refractivity contribution in [2.75, 3.05) is 4.90 Å². The standard InChI is InChI=1S/C17H10Cl2N2O3S/c18-12-7-9(8-13(19)14(12)22)6-11-15(23)20-17(25)21(16(11)24)10-4-2-1-3-5-10/h1-8,22H,(H,20,23,25)/b11-6+. The smallest absolute Gasteiger partial charge is 0.270 e. The Hall–Kier alpha value is -2.41. The van der Waals surface area contributed by atoms with Gasteiger partial charge in [-0.1, -0.05) is 41.4 Å². The second-order valence-corrected chi connectivity index (χ2v) is 6.33. The molecule has 2 aromatic rings. The molecule has 0 saturated carbocycles. The molecule has 8 heteroatoms. The van der Waals surface area contributed by atoms with Crippen LogP contribution in [0.2, 0.25) is 10.0 Å². The molecule has 0 atom stereocenters. The second-order valence-electron chi connectivity index (χ2n) is 5.13. The van der Waals surface area contributed by atoms with Gasteiger partial charge >= 0.3 is 0 Å². The van der Waals surface area contributed by atoms with Gasteiger partial charge in [-0.05, 0) is 48.1 Å². The highest BCUT2D eigenvalue weighted by atomic mass is 35.5. The van der Waals surface area contributed by atoms with Crippen LogP contribution in [0.5, 0.6) is 5.75 Å². The lowest BCUT2D eigenvalue weighted by molar-refractivity contribution is -0.122. The molecule has 5 nitrogen and oxygen atoms in total. The van der Waals surface area contributed by atoms with E-state index in [0.29, 0.717) is 11.3 Å². The van der Waals surface area contributed by atoms with Crippen LogP contribution < -0.4 is 10.2 Å². The second kappa shape index (κ2) is 6.84. The summed E-state index contributed by atoms with van der Waals surface area (Å²) in [5.41, 5.74) is 0.799. The number of hydrogen-bond donors (Lipinski definition) is 2. The third kappa shape index (κ3) is 3.37. The molecule has 1 aliphatic heterocycles. The van der Waals surface area contributed by atoms with Gasteiger partial charge in [0.15, 0.2) is 10.9 Å². The normalized spacial score (nSPS) is 16.3. The monoisotopic (exact) mass is 392 g/mol. The van der Waals surface area contributed by atoms with Gasteiger partial charge in [0, 0.05) is 0 Å². The van der Waals surface area contributed by atoms with Gasteiger partial charge in [0.2, 0.25) is 0 Å². The first kappa shape index (κ1) is 17.4. The van der Waals surface area contributed by atoms with E-state index in [2.05, 4.69) is 5.32 Å². The van der Waals surface area contributed by atoms with Crippen LogP contribution in [0, 0.1) is 0 Å². The maximum Gasteiger partial charge on any atom is 0.270 e. The van der Waals surface area contributed by atoms with Crippen molar-refractivity contribution in [3.8, 4) is 5.75 Å². The number of benzene rings is 2. The summed E-state index contributed by atoms with van der Waals surface area (Å²) >= 11 is 16.9.